The number of carbonyl (C=O) groups is 1. The number of carbonyl (C=O) groups excluding carboxylic acids is 1. The first-order chi connectivity index (χ1) is 5.59. The number of rotatable bonds is 2. The minimum Gasteiger partial charge on any atom is -0.506 e. The van der Waals surface area contributed by atoms with Gasteiger partial charge in [-0.25, -0.2) is 0 Å². The van der Waals surface area contributed by atoms with Crippen molar-refractivity contribution in [2.24, 2.45) is 5.73 Å². The summed E-state index contributed by atoms with van der Waals surface area (Å²) in [6.45, 7) is 0. The number of pyridine rings is 1. The lowest BCUT2D eigenvalue weighted by Crippen LogP contribution is -2.14. The van der Waals surface area contributed by atoms with Crippen LogP contribution in [-0.2, 0) is 11.2 Å². The van der Waals surface area contributed by atoms with Crippen molar-refractivity contribution in [1.82, 2.24) is 4.98 Å². The van der Waals surface area contributed by atoms with Gasteiger partial charge in [0.25, 0.3) is 0 Å². The van der Waals surface area contributed by atoms with Gasteiger partial charge in [0.2, 0.25) is 5.91 Å². The smallest absolute Gasteiger partial charge is 0.223 e. The first-order valence-corrected chi connectivity index (χ1v) is 4.00. The van der Waals surface area contributed by atoms with E-state index in [1.54, 1.807) is 0 Å². The molecule has 1 rings (SSSR count). The zero-order chi connectivity index (χ0) is 9.14. The highest BCUT2D eigenvalue weighted by Crippen LogP contribution is 2.19. The molecule has 12 heavy (non-hydrogen) atoms. The molecule has 0 radical (unpaired) electrons. The molecule has 0 aliphatic rings. The predicted molar refractivity (Wildman–Crippen MR) is 46.5 cm³/mol. The fourth-order valence-electron chi connectivity index (χ4n) is 0.751. The SMILES string of the molecule is NC(=O)Cc1ncc(O)cc1Br. The summed E-state index contributed by atoms with van der Waals surface area (Å²) < 4.78 is 0.585. The third-order valence-corrected chi connectivity index (χ3v) is 1.93. The number of nitrogens with zero attached hydrogens (tertiary/aromatic N) is 1. The molecule has 1 heterocycles. The van der Waals surface area contributed by atoms with Crippen LogP contribution in [0, 0.1) is 0 Å². The summed E-state index contributed by atoms with van der Waals surface area (Å²) in [6.07, 6.45) is 1.34. The van der Waals surface area contributed by atoms with E-state index in [2.05, 4.69) is 20.9 Å². The lowest BCUT2D eigenvalue weighted by Gasteiger charge is -2.00. The maximum Gasteiger partial charge on any atom is 0.223 e. The van der Waals surface area contributed by atoms with Gasteiger partial charge in [0.05, 0.1) is 18.3 Å². The molecule has 1 amide bonds. The highest BCUT2D eigenvalue weighted by atomic mass is 79.9. The standard InChI is InChI=1S/C7H7BrN2O2/c8-5-1-4(11)3-10-6(5)2-7(9)12/h1,3,11H,2H2,(H2,9,12). The number of nitrogens with two attached hydrogens (primary N) is 1. The van der Waals surface area contributed by atoms with Crippen molar-refractivity contribution in [2.45, 2.75) is 6.42 Å². The highest BCUT2D eigenvalue weighted by molar-refractivity contribution is 9.10. The van der Waals surface area contributed by atoms with Gasteiger partial charge in [-0.3, -0.25) is 9.78 Å². The van der Waals surface area contributed by atoms with Crippen molar-refractivity contribution in [3.8, 4) is 5.75 Å². The molecular weight excluding hydrogens is 224 g/mol. The molecule has 0 bridgehead atoms. The van der Waals surface area contributed by atoms with Crippen LogP contribution in [0.15, 0.2) is 16.7 Å². The minimum atomic E-state index is -0.450. The number of hydrogen-bond donors (Lipinski definition) is 2. The lowest BCUT2D eigenvalue weighted by molar-refractivity contribution is -0.117. The fraction of sp³-hybridized carbons (Fsp3) is 0.143. The van der Waals surface area contributed by atoms with Crippen LogP contribution in [0.5, 0.6) is 5.75 Å². The van der Waals surface area contributed by atoms with E-state index in [1.807, 2.05) is 0 Å². The summed E-state index contributed by atoms with van der Waals surface area (Å²) >= 11 is 3.15. The van der Waals surface area contributed by atoms with Crippen LogP contribution in [0.3, 0.4) is 0 Å². The van der Waals surface area contributed by atoms with E-state index >= 15 is 0 Å². The molecule has 0 saturated heterocycles. The van der Waals surface area contributed by atoms with Crippen molar-refractivity contribution in [3.63, 3.8) is 0 Å². The van der Waals surface area contributed by atoms with Gasteiger partial charge < -0.3 is 10.8 Å². The molecule has 0 unspecified atom stereocenters. The molecule has 3 N–H and O–H groups in total. The molecule has 5 heteroatoms. The summed E-state index contributed by atoms with van der Waals surface area (Å²) in [4.78, 5) is 14.3. The largest absolute Gasteiger partial charge is 0.506 e. The monoisotopic (exact) mass is 230 g/mol. The number of hydrogen-bond acceptors (Lipinski definition) is 3. The Bertz CT molecular complexity index is 314. The van der Waals surface area contributed by atoms with E-state index in [-0.39, 0.29) is 12.2 Å². The van der Waals surface area contributed by atoms with Gasteiger partial charge in [0.1, 0.15) is 5.75 Å². The maximum absolute atomic E-state index is 10.5. The van der Waals surface area contributed by atoms with Crippen LogP contribution in [-0.4, -0.2) is 16.0 Å². The van der Waals surface area contributed by atoms with Gasteiger partial charge in [-0.05, 0) is 22.0 Å². The van der Waals surface area contributed by atoms with Crippen molar-refractivity contribution in [2.75, 3.05) is 0 Å². The van der Waals surface area contributed by atoms with Crippen LogP contribution >= 0.6 is 15.9 Å². The average Bonchev–Trinajstić information content (AvgIpc) is 1.94. The average molecular weight is 231 g/mol. The summed E-state index contributed by atoms with van der Waals surface area (Å²) in [6, 6.07) is 1.46. The molecule has 0 saturated carbocycles. The van der Waals surface area contributed by atoms with Crippen molar-refractivity contribution >= 4 is 21.8 Å². The number of aromatic nitrogens is 1. The quantitative estimate of drug-likeness (QED) is 0.781. The Kier molecular flexibility index (Phi) is 2.65. The van der Waals surface area contributed by atoms with Gasteiger partial charge in [0.15, 0.2) is 0 Å². The van der Waals surface area contributed by atoms with Crippen LogP contribution < -0.4 is 5.73 Å². The molecule has 64 valence electrons. The zero-order valence-corrected chi connectivity index (χ0v) is 7.71. The van der Waals surface area contributed by atoms with E-state index in [0.717, 1.165) is 0 Å². The predicted octanol–water partition coefficient (Wildman–Crippen LogP) is 0.577. The number of aromatic hydroxyl groups is 1. The van der Waals surface area contributed by atoms with Crippen LogP contribution in [0.25, 0.3) is 0 Å². The number of halogens is 1. The second-order valence-electron chi connectivity index (χ2n) is 2.27. The first-order valence-electron chi connectivity index (χ1n) is 3.21. The second-order valence-corrected chi connectivity index (χ2v) is 3.12. The Balaban J connectivity index is 2.93. The lowest BCUT2D eigenvalue weighted by atomic mass is 10.2. The Labute approximate surface area is 77.5 Å². The third-order valence-electron chi connectivity index (χ3n) is 1.24. The first kappa shape index (κ1) is 8.99. The maximum atomic E-state index is 10.5. The zero-order valence-electron chi connectivity index (χ0n) is 6.12. The topological polar surface area (TPSA) is 76.2 Å². The van der Waals surface area contributed by atoms with Gasteiger partial charge >= 0.3 is 0 Å². The Morgan fingerprint density at radius 3 is 2.92 bits per heavy atom. The number of amides is 1. The molecule has 1 aromatic heterocycles. The van der Waals surface area contributed by atoms with Crippen LogP contribution in [0.2, 0.25) is 0 Å². The Morgan fingerprint density at radius 2 is 2.42 bits per heavy atom. The minimum absolute atomic E-state index is 0.0510. The molecule has 0 aliphatic carbocycles. The summed E-state index contributed by atoms with van der Waals surface area (Å²) in [5, 5.41) is 8.96. The molecule has 0 fully saturated rings. The van der Waals surface area contributed by atoms with Crippen molar-refractivity contribution in [3.05, 3.63) is 22.4 Å². The Morgan fingerprint density at radius 1 is 1.75 bits per heavy atom. The van der Waals surface area contributed by atoms with Crippen molar-refractivity contribution < 1.29 is 9.90 Å². The molecule has 4 nitrogen and oxygen atoms in total. The summed E-state index contributed by atoms with van der Waals surface area (Å²) in [5.41, 5.74) is 5.50. The van der Waals surface area contributed by atoms with Gasteiger partial charge in [-0.15, -0.1) is 0 Å². The Hall–Kier alpha value is -1.10. The molecule has 0 aliphatic heterocycles. The molecule has 1 aromatic rings. The highest BCUT2D eigenvalue weighted by Gasteiger charge is 2.05. The molecular formula is C7H7BrN2O2. The molecule has 0 spiro atoms. The van der Waals surface area contributed by atoms with Crippen LogP contribution in [0.1, 0.15) is 5.69 Å². The third kappa shape index (κ3) is 2.20. The van der Waals surface area contributed by atoms with Gasteiger partial charge in [-0.2, -0.15) is 0 Å². The fourth-order valence-corrected chi connectivity index (χ4v) is 1.23. The van der Waals surface area contributed by atoms with E-state index in [0.29, 0.717) is 10.2 Å². The van der Waals surface area contributed by atoms with E-state index in [9.17, 15) is 4.79 Å². The normalized spacial score (nSPS) is 9.75. The summed E-state index contributed by atoms with van der Waals surface area (Å²) in [5.74, 6) is -0.399. The van der Waals surface area contributed by atoms with E-state index < -0.39 is 5.91 Å². The van der Waals surface area contributed by atoms with E-state index in [4.69, 9.17) is 10.8 Å². The molecule has 0 atom stereocenters. The van der Waals surface area contributed by atoms with Crippen molar-refractivity contribution in [1.29, 1.82) is 0 Å². The van der Waals surface area contributed by atoms with Gasteiger partial charge in [-0.1, -0.05) is 0 Å². The molecule has 0 aromatic carbocycles. The summed E-state index contributed by atoms with van der Waals surface area (Å²) in [7, 11) is 0. The van der Waals surface area contributed by atoms with Gasteiger partial charge in [0, 0.05) is 4.47 Å². The van der Waals surface area contributed by atoms with Crippen LogP contribution in [0.4, 0.5) is 0 Å². The number of primary amides is 1. The second kappa shape index (κ2) is 3.53. The van der Waals surface area contributed by atoms with E-state index in [1.165, 1.54) is 12.3 Å².